The van der Waals surface area contributed by atoms with Gasteiger partial charge in [0.2, 0.25) is 0 Å². The molecule has 0 saturated carbocycles. The fourth-order valence-electron chi connectivity index (χ4n) is 3.74. The number of amides is 1. The standard InChI is InChI=1S/C19H36N2O3/c1-5-19(14-20-13-16-7-11-23-12-8-16)9-6-10-21(15-19)17(22)24-18(2,3)4/h16,20H,5-15H2,1-4H3. The number of ether oxygens (including phenoxy) is 2. The minimum atomic E-state index is -0.426. The molecule has 0 spiro atoms. The maximum Gasteiger partial charge on any atom is 0.410 e. The molecule has 2 aliphatic rings. The average Bonchev–Trinajstić information content (AvgIpc) is 2.54. The van der Waals surface area contributed by atoms with Crippen LogP contribution in [0.5, 0.6) is 0 Å². The fraction of sp³-hybridized carbons (Fsp3) is 0.947. The predicted molar refractivity (Wildman–Crippen MR) is 96.2 cm³/mol. The van der Waals surface area contributed by atoms with E-state index in [-0.39, 0.29) is 11.5 Å². The topological polar surface area (TPSA) is 50.8 Å². The van der Waals surface area contributed by atoms with Crippen molar-refractivity contribution >= 4 is 6.09 Å². The van der Waals surface area contributed by atoms with Crippen LogP contribution in [0.15, 0.2) is 0 Å². The Hall–Kier alpha value is -0.810. The van der Waals surface area contributed by atoms with Crippen LogP contribution in [0.25, 0.3) is 0 Å². The Morgan fingerprint density at radius 3 is 2.67 bits per heavy atom. The Morgan fingerprint density at radius 2 is 2.04 bits per heavy atom. The second-order valence-corrected chi connectivity index (χ2v) is 8.55. The molecular formula is C19H36N2O3. The quantitative estimate of drug-likeness (QED) is 0.833. The highest BCUT2D eigenvalue weighted by molar-refractivity contribution is 5.68. The average molecular weight is 341 g/mol. The molecule has 5 nitrogen and oxygen atoms in total. The Bertz CT molecular complexity index is 402. The highest BCUT2D eigenvalue weighted by atomic mass is 16.6. The molecule has 0 radical (unpaired) electrons. The van der Waals surface area contributed by atoms with E-state index in [0.717, 1.165) is 71.0 Å². The number of carbonyl (C=O) groups is 1. The van der Waals surface area contributed by atoms with E-state index in [1.165, 1.54) is 6.42 Å². The monoisotopic (exact) mass is 340 g/mol. The van der Waals surface area contributed by atoms with Gasteiger partial charge >= 0.3 is 6.09 Å². The van der Waals surface area contributed by atoms with Crippen LogP contribution in [0.1, 0.15) is 59.8 Å². The lowest BCUT2D eigenvalue weighted by molar-refractivity contribution is 0.00283. The maximum absolute atomic E-state index is 12.4. The molecule has 0 aromatic heterocycles. The fourth-order valence-corrected chi connectivity index (χ4v) is 3.74. The van der Waals surface area contributed by atoms with Crippen molar-refractivity contribution in [1.82, 2.24) is 10.2 Å². The molecule has 2 saturated heterocycles. The van der Waals surface area contributed by atoms with Crippen molar-refractivity contribution in [2.45, 2.75) is 65.4 Å². The van der Waals surface area contributed by atoms with Crippen LogP contribution < -0.4 is 5.32 Å². The molecule has 0 aliphatic carbocycles. The number of likely N-dealkylation sites (tertiary alicyclic amines) is 1. The van der Waals surface area contributed by atoms with Gasteiger partial charge in [-0.05, 0) is 65.3 Å². The largest absolute Gasteiger partial charge is 0.444 e. The molecule has 2 fully saturated rings. The van der Waals surface area contributed by atoms with E-state index in [2.05, 4.69) is 12.2 Å². The first-order valence-corrected chi connectivity index (χ1v) is 9.60. The van der Waals surface area contributed by atoms with Crippen molar-refractivity contribution in [2.24, 2.45) is 11.3 Å². The van der Waals surface area contributed by atoms with E-state index >= 15 is 0 Å². The van der Waals surface area contributed by atoms with Crippen LogP contribution in [0.4, 0.5) is 4.79 Å². The van der Waals surface area contributed by atoms with Crippen LogP contribution in [-0.4, -0.2) is 56.0 Å². The molecule has 2 heterocycles. The van der Waals surface area contributed by atoms with Gasteiger partial charge in [0.05, 0.1) is 0 Å². The SMILES string of the molecule is CCC1(CNCC2CCOCC2)CCCN(C(=O)OC(C)(C)C)C1. The van der Waals surface area contributed by atoms with Crippen molar-refractivity contribution in [3.05, 3.63) is 0 Å². The van der Waals surface area contributed by atoms with Crippen molar-refractivity contribution < 1.29 is 14.3 Å². The zero-order chi connectivity index (χ0) is 17.6. The zero-order valence-corrected chi connectivity index (χ0v) is 16.0. The van der Waals surface area contributed by atoms with E-state index in [1.807, 2.05) is 25.7 Å². The summed E-state index contributed by atoms with van der Waals surface area (Å²) in [4.78, 5) is 14.3. The highest BCUT2D eigenvalue weighted by Gasteiger charge is 2.37. The van der Waals surface area contributed by atoms with Crippen LogP contribution >= 0.6 is 0 Å². The first-order valence-electron chi connectivity index (χ1n) is 9.60. The second kappa shape index (κ2) is 8.52. The number of hydrogen-bond donors (Lipinski definition) is 1. The number of nitrogens with zero attached hydrogens (tertiary/aromatic N) is 1. The van der Waals surface area contributed by atoms with E-state index in [1.54, 1.807) is 0 Å². The van der Waals surface area contributed by atoms with Crippen LogP contribution in [0.3, 0.4) is 0 Å². The third-order valence-corrected chi connectivity index (χ3v) is 5.34. The third kappa shape index (κ3) is 5.92. The first kappa shape index (κ1) is 19.5. The van der Waals surface area contributed by atoms with Gasteiger partial charge in [0.25, 0.3) is 0 Å². The molecule has 140 valence electrons. The van der Waals surface area contributed by atoms with Crippen LogP contribution in [0.2, 0.25) is 0 Å². The van der Waals surface area contributed by atoms with Crippen molar-refractivity contribution in [1.29, 1.82) is 0 Å². The van der Waals surface area contributed by atoms with Gasteiger partial charge in [-0.25, -0.2) is 4.79 Å². The number of nitrogens with one attached hydrogen (secondary N) is 1. The summed E-state index contributed by atoms with van der Waals surface area (Å²) in [6.07, 6.45) is 5.50. The molecule has 2 aliphatic heterocycles. The molecule has 0 aromatic carbocycles. The molecule has 5 heteroatoms. The molecule has 1 atom stereocenters. The normalized spacial score (nSPS) is 26.4. The van der Waals surface area contributed by atoms with Crippen molar-refractivity contribution in [2.75, 3.05) is 39.4 Å². The van der Waals surface area contributed by atoms with Gasteiger partial charge in [-0.3, -0.25) is 0 Å². The van der Waals surface area contributed by atoms with E-state index in [0.29, 0.717) is 0 Å². The number of piperidine rings is 1. The smallest absolute Gasteiger partial charge is 0.410 e. The highest BCUT2D eigenvalue weighted by Crippen LogP contribution is 2.33. The minimum Gasteiger partial charge on any atom is -0.444 e. The van der Waals surface area contributed by atoms with Gasteiger partial charge < -0.3 is 19.7 Å². The van der Waals surface area contributed by atoms with Gasteiger partial charge in [-0.15, -0.1) is 0 Å². The molecule has 2 rings (SSSR count). The lowest BCUT2D eigenvalue weighted by Crippen LogP contribution is -2.51. The third-order valence-electron chi connectivity index (χ3n) is 5.34. The maximum atomic E-state index is 12.4. The Balaban J connectivity index is 1.84. The summed E-state index contributed by atoms with van der Waals surface area (Å²) < 4.78 is 11.0. The Morgan fingerprint density at radius 1 is 1.33 bits per heavy atom. The molecule has 0 bridgehead atoms. The van der Waals surface area contributed by atoms with Crippen LogP contribution in [0, 0.1) is 11.3 Å². The van der Waals surface area contributed by atoms with Gasteiger partial charge in [0.15, 0.2) is 0 Å². The van der Waals surface area contributed by atoms with Crippen molar-refractivity contribution in [3.8, 4) is 0 Å². The van der Waals surface area contributed by atoms with E-state index in [4.69, 9.17) is 9.47 Å². The van der Waals surface area contributed by atoms with Gasteiger partial charge in [0, 0.05) is 38.3 Å². The molecule has 1 N–H and O–H groups in total. The lowest BCUT2D eigenvalue weighted by atomic mass is 9.77. The Kier molecular flexibility index (Phi) is 6.93. The lowest BCUT2D eigenvalue weighted by Gasteiger charge is -2.43. The van der Waals surface area contributed by atoms with Gasteiger partial charge in [0.1, 0.15) is 5.60 Å². The summed E-state index contributed by atoms with van der Waals surface area (Å²) in [7, 11) is 0. The zero-order valence-electron chi connectivity index (χ0n) is 16.0. The molecular weight excluding hydrogens is 304 g/mol. The summed E-state index contributed by atoms with van der Waals surface area (Å²) >= 11 is 0. The molecule has 1 amide bonds. The molecule has 24 heavy (non-hydrogen) atoms. The molecule has 1 unspecified atom stereocenters. The van der Waals surface area contributed by atoms with E-state index < -0.39 is 5.60 Å². The molecule has 0 aromatic rings. The summed E-state index contributed by atoms with van der Waals surface area (Å²) in [6.45, 7) is 13.5. The summed E-state index contributed by atoms with van der Waals surface area (Å²) in [5, 5.41) is 3.69. The van der Waals surface area contributed by atoms with Crippen LogP contribution in [-0.2, 0) is 9.47 Å². The number of carbonyl (C=O) groups excluding carboxylic acids is 1. The predicted octanol–water partition coefficient (Wildman–Crippen LogP) is 3.43. The summed E-state index contributed by atoms with van der Waals surface area (Å²) in [5.41, 5.74) is -0.245. The summed E-state index contributed by atoms with van der Waals surface area (Å²) in [6, 6.07) is 0. The number of hydrogen-bond acceptors (Lipinski definition) is 4. The second-order valence-electron chi connectivity index (χ2n) is 8.55. The van der Waals surface area contributed by atoms with E-state index in [9.17, 15) is 4.79 Å². The summed E-state index contributed by atoms with van der Waals surface area (Å²) in [5.74, 6) is 0.734. The first-order chi connectivity index (χ1) is 11.3. The number of rotatable bonds is 5. The van der Waals surface area contributed by atoms with Gasteiger partial charge in [-0.1, -0.05) is 6.92 Å². The minimum absolute atomic E-state index is 0.163. The van der Waals surface area contributed by atoms with Crippen molar-refractivity contribution in [3.63, 3.8) is 0 Å². The Labute approximate surface area is 147 Å². The van der Waals surface area contributed by atoms with Gasteiger partial charge in [-0.2, -0.15) is 0 Å².